The monoisotopic (exact) mass is 453 g/mol. The van der Waals surface area contributed by atoms with Gasteiger partial charge in [0.25, 0.3) is 0 Å². The minimum Gasteiger partial charge on any atom is -0.493 e. The first kappa shape index (κ1) is 22.1. The van der Waals surface area contributed by atoms with E-state index in [0.29, 0.717) is 24.6 Å². The van der Waals surface area contributed by atoms with E-state index in [1.165, 1.54) is 17.3 Å². The van der Waals surface area contributed by atoms with Gasteiger partial charge in [-0.1, -0.05) is 18.7 Å². The van der Waals surface area contributed by atoms with E-state index in [9.17, 15) is 4.79 Å². The van der Waals surface area contributed by atoms with Crippen molar-refractivity contribution in [1.29, 1.82) is 0 Å². The number of fused-ring (bicyclic) bond motifs is 1. The number of carbonyl (C=O) groups is 1. The number of benzene rings is 1. The molecule has 3 heterocycles. The van der Waals surface area contributed by atoms with E-state index < -0.39 is 0 Å². The number of amides is 1. The number of methoxy groups -OCH3 is 2. The predicted molar refractivity (Wildman–Crippen MR) is 123 cm³/mol. The Labute approximate surface area is 192 Å². The molecule has 1 amide bonds. The van der Waals surface area contributed by atoms with Crippen LogP contribution in [0.5, 0.6) is 11.5 Å². The van der Waals surface area contributed by atoms with E-state index in [1.54, 1.807) is 26.6 Å². The first-order chi connectivity index (χ1) is 15.6. The van der Waals surface area contributed by atoms with Crippen molar-refractivity contribution in [2.45, 2.75) is 38.0 Å². The number of aromatic nitrogens is 4. The maximum Gasteiger partial charge on any atom is 0.233 e. The molecule has 0 bridgehead atoms. The molecular formula is C23H27N5O3S. The zero-order chi connectivity index (χ0) is 22.5. The first-order valence-corrected chi connectivity index (χ1v) is 11.6. The Kier molecular flexibility index (Phi) is 6.94. The summed E-state index contributed by atoms with van der Waals surface area (Å²) in [5.74, 6) is 2.62. The predicted octanol–water partition coefficient (Wildman–Crippen LogP) is 3.44. The van der Waals surface area contributed by atoms with Crippen LogP contribution in [0.4, 0.5) is 0 Å². The van der Waals surface area contributed by atoms with Gasteiger partial charge in [0.1, 0.15) is 0 Å². The fourth-order valence-electron chi connectivity index (χ4n) is 3.85. The van der Waals surface area contributed by atoms with Crippen LogP contribution in [0.25, 0.3) is 11.4 Å². The van der Waals surface area contributed by atoms with Crippen LogP contribution in [0.2, 0.25) is 0 Å². The van der Waals surface area contributed by atoms with Gasteiger partial charge in [0.15, 0.2) is 22.5 Å². The number of hydrogen-bond acceptors (Lipinski definition) is 7. The van der Waals surface area contributed by atoms with E-state index >= 15 is 0 Å². The summed E-state index contributed by atoms with van der Waals surface area (Å²) >= 11 is 1.44. The first-order valence-electron chi connectivity index (χ1n) is 10.6. The Morgan fingerprint density at radius 1 is 1.09 bits per heavy atom. The highest BCUT2D eigenvalue weighted by Crippen LogP contribution is 2.33. The lowest BCUT2D eigenvalue weighted by molar-refractivity contribution is -0.129. The summed E-state index contributed by atoms with van der Waals surface area (Å²) in [5.41, 5.74) is 3.27. The second-order valence-corrected chi connectivity index (χ2v) is 8.47. The molecule has 4 rings (SSSR count). The third-order valence-corrected chi connectivity index (χ3v) is 6.45. The summed E-state index contributed by atoms with van der Waals surface area (Å²) in [6, 6.07) is 7.83. The van der Waals surface area contributed by atoms with Gasteiger partial charge < -0.3 is 18.9 Å². The number of carbonyl (C=O) groups excluding carboxylic acids is 1. The van der Waals surface area contributed by atoms with Gasteiger partial charge in [-0.15, -0.1) is 10.2 Å². The fraction of sp³-hybridized carbons (Fsp3) is 0.391. The fourth-order valence-corrected chi connectivity index (χ4v) is 4.72. The van der Waals surface area contributed by atoms with Crippen LogP contribution in [-0.4, -0.2) is 57.1 Å². The minimum atomic E-state index is 0.0898. The van der Waals surface area contributed by atoms with Crippen molar-refractivity contribution in [3.8, 4) is 22.9 Å². The Bertz CT molecular complexity index is 1090. The molecule has 0 unspecified atom stereocenters. The molecule has 2 aromatic heterocycles. The molecule has 0 saturated carbocycles. The number of hydrogen-bond donors (Lipinski definition) is 0. The Morgan fingerprint density at radius 3 is 2.50 bits per heavy atom. The standard InChI is InChI=1S/C23H27N5O3S/c1-4-10-28-22(16-5-8-24-9-6-16)25-26-23(28)32-15-21(29)27-11-7-17-12-19(30-2)20(31-3)13-18(17)14-27/h5-6,8-9,12-13H,4,7,10-11,14-15H2,1-3H3. The van der Waals surface area contributed by atoms with Gasteiger partial charge in [-0.2, -0.15) is 0 Å². The zero-order valence-electron chi connectivity index (χ0n) is 18.6. The van der Waals surface area contributed by atoms with Gasteiger partial charge >= 0.3 is 0 Å². The number of rotatable bonds is 8. The number of nitrogens with zero attached hydrogens (tertiary/aromatic N) is 5. The molecule has 0 fully saturated rings. The molecule has 0 aliphatic carbocycles. The Hall–Kier alpha value is -3.07. The van der Waals surface area contributed by atoms with Gasteiger partial charge in [0.05, 0.1) is 20.0 Å². The topological polar surface area (TPSA) is 82.4 Å². The summed E-state index contributed by atoms with van der Waals surface area (Å²) in [7, 11) is 3.26. The van der Waals surface area contributed by atoms with Crippen molar-refractivity contribution in [2.75, 3.05) is 26.5 Å². The van der Waals surface area contributed by atoms with E-state index in [1.807, 2.05) is 29.2 Å². The van der Waals surface area contributed by atoms with E-state index in [2.05, 4.69) is 26.7 Å². The summed E-state index contributed by atoms with van der Waals surface area (Å²) < 4.78 is 12.9. The van der Waals surface area contributed by atoms with Gasteiger partial charge in [-0.25, -0.2) is 0 Å². The second-order valence-electron chi connectivity index (χ2n) is 7.52. The lowest BCUT2D eigenvalue weighted by atomic mass is 9.99. The third kappa shape index (κ3) is 4.57. The normalized spacial score (nSPS) is 13.0. The number of pyridine rings is 1. The molecule has 8 nitrogen and oxygen atoms in total. The average molecular weight is 454 g/mol. The average Bonchev–Trinajstić information content (AvgIpc) is 3.24. The molecule has 1 aliphatic rings. The summed E-state index contributed by atoms with van der Waals surface area (Å²) in [6.07, 6.45) is 5.24. The molecule has 9 heteroatoms. The molecule has 0 saturated heterocycles. The largest absolute Gasteiger partial charge is 0.493 e. The second kappa shape index (κ2) is 10.0. The van der Waals surface area contributed by atoms with Crippen molar-refractivity contribution in [2.24, 2.45) is 0 Å². The molecule has 0 radical (unpaired) electrons. The van der Waals surface area contributed by atoms with Crippen molar-refractivity contribution in [1.82, 2.24) is 24.6 Å². The minimum absolute atomic E-state index is 0.0898. The SMILES string of the molecule is CCCn1c(SCC(=O)N2CCc3cc(OC)c(OC)cc3C2)nnc1-c1ccncc1. The van der Waals surface area contributed by atoms with Crippen LogP contribution in [0.3, 0.4) is 0 Å². The highest BCUT2D eigenvalue weighted by atomic mass is 32.2. The molecule has 32 heavy (non-hydrogen) atoms. The van der Waals surface area contributed by atoms with Crippen LogP contribution < -0.4 is 9.47 Å². The van der Waals surface area contributed by atoms with Crippen molar-refractivity contribution < 1.29 is 14.3 Å². The van der Waals surface area contributed by atoms with Gasteiger partial charge in [0.2, 0.25) is 5.91 Å². The van der Waals surface area contributed by atoms with Crippen LogP contribution >= 0.6 is 11.8 Å². The lowest BCUT2D eigenvalue weighted by Gasteiger charge is -2.29. The summed E-state index contributed by atoms with van der Waals surface area (Å²) in [5, 5.41) is 9.49. The van der Waals surface area contributed by atoms with E-state index in [4.69, 9.17) is 9.47 Å². The van der Waals surface area contributed by atoms with Crippen molar-refractivity contribution in [3.63, 3.8) is 0 Å². The smallest absolute Gasteiger partial charge is 0.233 e. The van der Waals surface area contributed by atoms with Gasteiger partial charge in [0, 0.05) is 37.6 Å². The van der Waals surface area contributed by atoms with Crippen LogP contribution in [0.1, 0.15) is 24.5 Å². The maximum absolute atomic E-state index is 13.0. The maximum atomic E-state index is 13.0. The molecule has 1 aromatic carbocycles. The van der Waals surface area contributed by atoms with Crippen LogP contribution in [-0.2, 0) is 24.3 Å². The molecule has 168 valence electrons. The molecule has 1 aliphatic heterocycles. The summed E-state index contributed by atoms with van der Waals surface area (Å²) in [6.45, 7) is 4.16. The molecular weight excluding hydrogens is 426 g/mol. The molecule has 0 spiro atoms. The summed E-state index contributed by atoms with van der Waals surface area (Å²) in [4.78, 5) is 19.0. The number of thioether (sulfide) groups is 1. The Balaban J connectivity index is 1.45. The lowest BCUT2D eigenvalue weighted by Crippen LogP contribution is -2.37. The quantitative estimate of drug-likeness (QED) is 0.483. The van der Waals surface area contributed by atoms with Gasteiger partial charge in [-0.3, -0.25) is 9.78 Å². The molecule has 0 atom stereocenters. The van der Waals surface area contributed by atoms with Crippen molar-refractivity contribution in [3.05, 3.63) is 47.8 Å². The Morgan fingerprint density at radius 2 is 1.81 bits per heavy atom. The highest BCUT2D eigenvalue weighted by molar-refractivity contribution is 7.99. The van der Waals surface area contributed by atoms with Crippen LogP contribution in [0, 0.1) is 0 Å². The third-order valence-electron chi connectivity index (χ3n) is 5.50. The van der Waals surface area contributed by atoms with E-state index in [0.717, 1.165) is 47.2 Å². The highest BCUT2D eigenvalue weighted by Gasteiger charge is 2.24. The van der Waals surface area contributed by atoms with Crippen LogP contribution in [0.15, 0.2) is 41.8 Å². The zero-order valence-corrected chi connectivity index (χ0v) is 19.4. The van der Waals surface area contributed by atoms with Gasteiger partial charge in [-0.05, 0) is 48.2 Å². The van der Waals surface area contributed by atoms with E-state index in [-0.39, 0.29) is 5.91 Å². The van der Waals surface area contributed by atoms with Crippen molar-refractivity contribution >= 4 is 17.7 Å². The number of ether oxygens (including phenoxy) is 2. The molecule has 3 aromatic rings. The molecule has 0 N–H and O–H groups in total.